The number of nitrogens with zero attached hydrogens (tertiary/aromatic N) is 3. The van der Waals surface area contributed by atoms with Crippen molar-refractivity contribution in [1.82, 2.24) is 20.1 Å². The van der Waals surface area contributed by atoms with E-state index in [1.165, 1.54) is 5.56 Å². The molecule has 2 aromatic heterocycles. The first-order valence-electron chi connectivity index (χ1n) is 10.4. The Morgan fingerprint density at radius 1 is 1.10 bits per heavy atom. The van der Waals surface area contributed by atoms with Gasteiger partial charge in [0.2, 0.25) is 5.88 Å². The van der Waals surface area contributed by atoms with Gasteiger partial charge in [-0.2, -0.15) is 10.1 Å². The van der Waals surface area contributed by atoms with E-state index in [9.17, 15) is 4.79 Å². The van der Waals surface area contributed by atoms with Gasteiger partial charge in [-0.05, 0) is 37.0 Å². The minimum atomic E-state index is -0.668. The van der Waals surface area contributed by atoms with Gasteiger partial charge in [-0.1, -0.05) is 60.7 Å². The molecule has 0 saturated carbocycles. The Balaban J connectivity index is 1.52. The predicted octanol–water partition coefficient (Wildman–Crippen LogP) is 4.07. The third kappa shape index (κ3) is 4.58. The second kappa shape index (κ2) is 9.00. The summed E-state index contributed by atoms with van der Waals surface area (Å²) in [7, 11) is 1.86. The molecule has 2 aromatic carbocycles. The Morgan fingerprint density at radius 3 is 2.48 bits per heavy atom. The van der Waals surface area contributed by atoms with Gasteiger partial charge in [0.05, 0.1) is 11.1 Å². The number of aromatic nitrogens is 3. The van der Waals surface area contributed by atoms with Crippen LogP contribution in [0.5, 0.6) is 5.88 Å². The molecule has 1 N–H and O–H groups in total. The minimum Gasteiger partial charge on any atom is -0.464 e. The number of nitrogens with one attached hydrogen (secondary N) is 1. The lowest BCUT2D eigenvalue weighted by Crippen LogP contribution is -2.37. The molecule has 0 aliphatic rings. The Hall–Kier alpha value is -3.67. The second-order valence-corrected chi connectivity index (χ2v) is 7.57. The molecule has 158 valence electrons. The lowest BCUT2D eigenvalue weighted by atomic mass is 10.0. The molecule has 31 heavy (non-hydrogen) atoms. The van der Waals surface area contributed by atoms with Crippen LogP contribution in [0.4, 0.5) is 0 Å². The molecule has 0 bridgehead atoms. The van der Waals surface area contributed by atoms with Crippen LogP contribution >= 0.6 is 0 Å². The smallest absolute Gasteiger partial charge is 0.260 e. The summed E-state index contributed by atoms with van der Waals surface area (Å²) in [5, 5.41) is 8.45. The van der Waals surface area contributed by atoms with Crippen LogP contribution in [-0.4, -0.2) is 33.3 Å². The van der Waals surface area contributed by atoms with E-state index < -0.39 is 6.10 Å². The van der Waals surface area contributed by atoms with Gasteiger partial charge in [-0.3, -0.25) is 9.48 Å². The van der Waals surface area contributed by atoms with Gasteiger partial charge in [-0.15, -0.1) is 0 Å². The molecule has 6 heteroatoms. The second-order valence-electron chi connectivity index (χ2n) is 7.57. The molecule has 0 spiro atoms. The van der Waals surface area contributed by atoms with Crippen molar-refractivity contribution < 1.29 is 9.53 Å². The van der Waals surface area contributed by atoms with E-state index in [4.69, 9.17) is 4.74 Å². The molecule has 0 aliphatic carbocycles. The van der Waals surface area contributed by atoms with E-state index in [1.807, 2.05) is 80.7 Å². The highest BCUT2D eigenvalue weighted by atomic mass is 16.5. The fourth-order valence-corrected chi connectivity index (χ4v) is 3.68. The summed E-state index contributed by atoms with van der Waals surface area (Å²) in [6.45, 7) is 4.26. The Labute approximate surface area is 181 Å². The van der Waals surface area contributed by atoms with Crippen LogP contribution in [0.25, 0.3) is 22.2 Å². The average Bonchev–Trinajstić information content (AvgIpc) is 3.08. The highest BCUT2D eigenvalue weighted by Gasteiger charge is 2.19. The number of aryl methyl sites for hydroxylation is 2. The zero-order valence-electron chi connectivity index (χ0n) is 18.0. The molecule has 0 fully saturated rings. The van der Waals surface area contributed by atoms with Crippen molar-refractivity contribution in [2.75, 3.05) is 6.54 Å². The van der Waals surface area contributed by atoms with Crippen LogP contribution in [0.3, 0.4) is 0 Å². The van der Waals surface area contributed by atoms with Gasteiger partial charge in [0.15, 0.2) is 11.8 Å². The molecule has 0 unspecified atom stereocenters. The lowest BCUT2D eigenvalue weighted by Gasteiger charge is -2.15. The number of carbonyl (C=O) groups is 1. The van der Waals surface area contributed by atoms with E-state index in [0.29, 0.717) is 12.4 Å². The highest BCUT2D eigenvalue weighted by Crippen LogP contribution is 2.33. The van der Waals surface area contributed by atoms with Gasteiger partial charge in [0, 0.05) is 19.7 Å². The van der Waals surface area contributed by atoms with Gasteiger partial charge in [-0.25, -0.2) is 0 Å². The number of benzene rings is 2. The third-order valence-electron chi connectivity index (χ3n) is 5.25. The summed E-state index contributed by atoms with van der Waals surface area (Å²) in [5.74, 6) is 0.236. The van der Waals surface area contributed by atoms with Crippen molar-refractivity contribution in [2.24, 2.45) is 7.05 Å². The fraction of sp³-hybridized carbons (Fsp3) is 0.240. The molecule has 1 amide bonds. The van der Waals surface area contributed by atoms with Crippen LogP contribution in [0, 0.1) is 6.92 Å². The monoisotopic (exact) mass is 414 g/mol. The summed E-state index contributed by atoms with van der Waals surface area (Å²) in [4.78, 5) is 17.2. The maximum Gasteiger partial charge on any atom is 0.260 e. The molecule has 4 aromatic rings. The maximum absolute atomic E-state index is 12.5. The van der Waals surface area contributed by atoms with Crippen molar-refractivity contribution >= 4 is 16.9 Å². The number of ether oxygens (including phenoxy) is 1. The molecule has 0 radical (unpaired) electrons. The summed E-state index contributed by atoms with van der Waals surface area (Å²) in [6, 6.07) is 22.0. The largest absolute Gasteiger partial charge is 0.464 e. The standard InChI is InChI=1S/C25H26N4O2/c1-17-23-21(20-12-8-5-9-13-20)16-22(27-24(23)29(3)28-17)31-18(2)25(30)26-15-14-19-10-6-4-7-11-19/h4-13,16,18H,14-15H2,1-3H3,(H,26,30)/t18-/m1/s1. The van der Waals surface area contributed by atoms with Gasteiger partial charge >= 0.3 is 0 Å². The highest BCUT2D eigenvalue weighted by molar-refractivity contribution is 5.95. The molecule has 4 rings (SSSR count). The van der Waals surface area contributed by atoms with Crippen LogP contribution in [-0.2, 0) is 18.3 Å². The molecular formula is C25H26N4O2. The normalized spacial score (nSPS) is 12.0. The van der Waals surface area contributed by atoms with Gasteiger partial charge in [0.25, 0.3) is 5.91 Å². The van der Waals surface area contributed by atoms with Crippen molar-refractivity contribution in [3.05, 3.63) is 78.0 Å². The van der Waals surface area contributed by atoms with Crippen molar-refractivity contribution in [1.29, 1.82) is 0 Å². The lowest BCUT2D eigenvalue weighted by molar-refractivity contribution is -0.127. The van der Waals surface area contributed by atoms with Crippen LogP contribution in [0.2, 0.25) is 0 Å². The maximum atomic E-state index is 12.5. The van der Waals surface area contributed by atoms with Gasteiger partial charge < -0.3 is 10.1 Å². The predicted molar refractivity (Wildman–Crippen MR) is 122 cm³/mol. The zero-order chi connectivity index (χ0) is 21.8. The summed E-state index contributed by atoms with van der Waals surface area (Å²) in [5.41, 5.74) is 4.86. The number of carbonyl (C=O) groups excluding carboxylic acids is 1. The first kappa shape index (κ1) is 20.6. The van der Waals surface area contributed by atoms with E-state index >= 15 is 0 Å². The number of amides is 1. The summed E-state index contributed by atoms with van der Waals surface area (Å²) >= 11 is 0. The Morgan fingerprint density at radius 2 is 1.77 bits per heavy atom. The quantitative estimate of drug-likeness (QED) is 0.495. The van der Waals surface area contributed by atoms with Gasteiger partial charge in [0.1, 0.15) is 0 Å². The van der Waals surface area contributed by atoms with Crippen LogP contribution in [0.15, 0.2) is 66.7 Å². The molecule has 6 nitrogen and oxygen atoms in total. The van der Waals surface area contributed by atoms with Crippen molar-refractivity contribution in [2.45, 2.75) is 26.4 Å². The number of rotatable bonds is 7. The Bertz CT molecular complexity index is 1190. The fourth-order valence-electron chi connectivity index (χ4n) is 3.68. The number of hydrogen-bond donors (Lipinski definition) is 1. The van der Waals surface area contributed by atoms with Crippen molar-refractivity contribution in [3.8, 4) is 17.0 Å². The number of pyridine rings is 1. The number of fused-ring (bicyclic) bond motifs is 1. The average molecular weight is 415 g/mol. The van der Waals surface area contributed by atoms with E-state index in [0.717, 1.165) is 34.3 Å². The molecular weight excluding hydrogens is 388 g/mol. The zero-order valence-corrected chi connectivity index (χ0v) is 18.0. The van der Waals surface area contributed by atoms with E-state index in [2.05, 4.69) is 15.4 Å². The Kier molecular flexibility index (Phi) is 5.98. The minimum absolute atomic E-state index is 0.166. The molecule has 2 heterocycles. The molecule has 1 atom stereocenters. The SMILES string of the molecule is Cc1nn(C)c2nc(O[C@H](C)C(=O)NCCc3ccccc3)cc(-c3ccccc3)c12. The topological polar surface area (TPSA) is 69.0 Å². The number of hydrogen-bond acceptors (Lipinski definition) is 4. The van der Waals surface area contributed by atoms with Crippen LogP contribution < -0.4 is 10.1 Å². The molecule has 0 saturated heterocycles. The molecule has 0 aliphatic heterocycles. The summed E-state index contributed by atoms with van der Waals surface area (Å²) in [6.07, 6.45) is 0.106. The first-order chi connectivity index (χ1) is 15.0. The van der Waals surface area contributed by atoms with Crippen molar-refractivity contribution in [3.63, 3.8) is 0 Å². The third-order valence-corrected chi connectivity index (χ3v) is 5.25. The van der Waals surface area contributed by atoms with Crippen LogP contribution in [0.1, 0.15) is 18.2 Å². The summed E-state index contributed by atoms with van der Waals surface area (Å²) < 4.78 is 7.69. The first-order valence-corrected chi connectivity index (χ1v) is 10.4. The van der Waals surface area contributed by atoms with E-state index in [-0.39, 0.29) is 5.91 Å². The van der Waals surface area contributed by atoms with E-state index in [1.54, 1.807) is 11.6 Å².